The third-order valence-electron chi connectivity index (χ3n) is 3.27. The Kier molecular flexibility index (Phi) is 5.25. The van der Waals surface area contributed by atoms with Crippen LogP contribution < -0.4 is 5.32 Å². The Morgan fingerprint density at radius 2 is 2.12 bits per heavy atom. The number of nitrogens with zero attached hydrogens (tertiary/aromatic N) is 1. The highest BCUT2D eigenvalue weighted by Crippen LogP contribution is 2.18. The lowest BCUT2D eigenvalue weighted by atomic mass is 9.94. The molecule has 3 atom stereocenters. The van der Waals surface area contributed by atoms with Gasteiger partial charge in [-0.1, -0.05) is 36.7 Å². The smallest absolute Gasteiger partial charge is 0.234 e. The SMILES string of the molecule is CC(C)C(Br)C(=O)NC1CCN(C)CC1C. The van der Waals surface area contributed by atoms with Crippen molar-refractivity contribution in [2.24, 2.45) is 11.8 Å². The first kappa shape index (κ1) is 14.0. The van der Waals surface area contributed by atoms with Gasteiger partial charge in [-0.25, -0.2) is 0 Å². The van der Waals surface area contributed by atoms with Crippen LogP contribution >= 0.6 is 15.9 Å². The summed E-state index contributed by atoms with van der Waals surface area (Å²) >= 11 is 3.44. The van der Waals surface area contributed by atoms with Gasteiger partial charge in [0.2, 0.25) is 5.91 Å². The zero-order chi connectivity index (χ0) is 12.3. The van der Waals surface area contributed by atoms with Gasteiger partial charge < -0.3 is 10.2 Å². The molecule has 0 bridgehead atoms. The molecule has 1 aliphatic rings. The molecule has 1 saturated heterocycles. The van der Waals surface area contributed by atoms with Crippen LogP contribution in [0.25, 0.3) is 0 Å². The zero-order valence-corrected chi connectivity index (χ0v) is 12.3. The van der Waals surface area contributed by atoms with Crippen LogP contribution in [0.4, 0.5) is 0 Å². The molecule has 0 radical (unpaired) electrons. The lowest BCUT2D eigenvalue weighted by Gasteiger charge is -2.35. The van der Waals surface area contributed by atoms with E-state index in [0.717, 1.165) is 19.5 Å². The Hall–Kier alpha value is -0.0900. The molecule has 1 aliphatic heterocycles. The molecule has 1 rings (SSSR count). The molecule has 1 amide bonds. The van der Waals surface area contributed by atoms with Crippen molar-refractivity contribution in [2.45, 2.75) is 38.1 Å². The molecule has 4 heteroatoms. The van der Waals surface area contributed by atoms with Crippen molar-refractivity contribution in [2.75, 3.05) is 20.1 Å². The molecule has 1 fully saturated rings. The monoisotopic (exact) mass is 290 g/mol. The zero-order valence-electron chi connectivity index (χ0n) is 10.7. The summed E-state index contributed by atoms with van der Waals surface area (Å²) in [6.45, 7) is 8.46. The van der Waals surface area contributed by atoms with Crippen LogP contribution in [0.3, 0.4) is 0 Å². The van der Waals surface area contributed by atoms with Gasteiger partial charge in [-0.05, 0) is 31.8 Å². The van der Waals surface area contributed by atoms with Crippen molar-refractivity contribution < 1.29 is 4.79 Å². The van der Waals surface area contributed by atoms with E-state index in [1.54, 1.807) is 0 Å². The topological polar surface area (TPSA) is 32.3 Å². The number of nitrogens with one attached hydrogen (secondary N) is 1. The largest absolute Gasteiger partial charge is 0.352 e. The van der Waals surface area contributed by atoms with E-state index in [1.807, 2.05) is 0 Å². The number of hydrogen-bond donors (Lipinski definition) is 1. The second-order valence-corrected chi connectivity index (χ2v) is 6.28. The van der Waals surface area contributed by atoms with Crippen molar-refractivity contribution in [3.63, 3.8) is 0 Å². The maximum absolute atomic E-state index is 11.9. The molecular weight excluding hydrogens is 268 g/mol. The summed E-state index contributed by atoms with van der Waals surface area (Å²) < 4.78 is 0. The number of piperidine rings is 1. The predicted octanol–water partition coefficient (Wildman–Crippen LogP) is 1.86. The minimum Gasteiger partial charge on any atom is -0.352 e. The minimum atomic E-state index is -0.0700. The van der Waals surface area contributed by atoms with Crippen LogP contribution in [-0.2, 0) is 4.79 Å². The standard InChI is InChI=1S/C12H23BrN2O/c1-8(2)11(13)12(16)14-10-5-6-15(4)7-9(10)3/h8-11H,5-7H2,1-4H3,(H,14,16). The highest BCUT2D eigenvalue weighted by molar-refractivity contribution is 9.10. The Labute approximate surface area is 107 Å². The summed E-state index contributed by atoms with van der Waals surface area (Å²) in [5, 5.41) is 3.16. The van der Waals surface area contributed by atoms with Crippen molar-refractivity contribution in [3.05, 3.63) is 0 Å². The first-order valence-electron chi connectivity index (χ1n) is 6.04. The number of halogens is 1. The van der Waals surface area contributed by atoms with Crippen molar-refractivity contribution in [1.29, 1.82) is 0 Å². The van der Waals surface area contributed by atoms with Crippen LogP contribution in [0.5, 0.6) is 0 Å². The number of carbonyl (C=O) groups excluding carboxylic acids is 1. The van der Waals surface area contributed by atoms with Crippen molar-refractivity contribution in [1.82, 2.24) is 10.2 Å². The van der Waals surface area contributed by atoms with E-state index in [2.05, 4.69) is 54.0 Å². The Morgan fingerprint density at radius 3 is 2.62 bits per heavy atom. The first-order valence-corrected chi connectivity index (χ1v) is 6.96. The van der Waals surface area contributed by atoms with E-state index in [1.165, 1.54) is 0 Å². The van der Waals surface area contributed by atoms with Gasteiger partial charge in [0.1, 0.15) is 0 Å². The van der Waals surface area contributed by atoms with Crippen molar-refractivity contribution in [3.8, 4) is 0 Å². The Morgan fingerprint density at radius 1 is 1.50 bits per heavy atom. The van der Waals surface area contributed by atoms with Gasteiger partial charge in [0, 0.05) is 12.6 Å². The number of alkyl halides is 1. The van der Waals surface area contributed by atoms with Crippen molar-refractivity contribution >= 4 is 21.8 Å². The fourth-order valence-electron chi connectivity index (χ4n) is 2.13. The molecular formula is C12H23BrN2O. The summed E-state index contributed by atoms with van der Waals surface area (Å²) in [7, 11) is 2.13. The quantitative estimate of drug-likeness (QED) is 0.805. The van der Waals surface area contributed by atoms with E-state index in [0.29, 0.717) is 17.9 Å². The van der Waals surface area contributed by atoms with E-state index in [4.69, 9.17) is 0 Å². The molecule has 16 heavy (non-hydrogen) atoms. The van der Waals surface area contributed by atoms with Crippen LogP contribution in [-0.4, -0.2) is 41.8 Å². The predicted molar refractivity (Wildman–Crippen MR) is 70.8 cm³/mol. The highest BCUT2D eigenvalue weighted by Gasteiger charge is 2.28. The number of amides is 1. The summed E-state index contributed by atoms with van der Waals surface area (Å²) in [4.78, 5) is 14.2. The molecule has 0 aliphatic carbocycles. The molecule has 0 saturated carbocycles. The molecule has 3 unspecified atom stereocenters. The fourth-order valence-corrected chi connectivity index (χ4v) is 2.27. The minimum absolute atomic E-state index is 0.0700. The number of rotatable bonds is 3. The van der Waals surface area contributed by atoms with Crippen LogP contribution in [0.15, 0.2) is 0 Å². The summed E-state index contributed by atoms with van der Waals surface area (Å²) in [6.07, 6.45) is 1.06. The summed E-state index contributed by atoms with van der Waals surface area (Å²) in [5.74, 6) is 1.01. The van der Waals surface area contributed by atoms with E-state index >= 15 is 0 Å². The van der Waals surface area contributed by atoms with Gasteiger partial charge in [0.15, 0.2) is 0 Å². The van der Waals surface area contributed by atoms with Gasteiger partial charge in [0.05, 0.1) is 4.83 Å². The Balaban J connectivity index is 2.45. The molecule has 1 heterocycles. The van der Waals surface area contributed by atoms with Gasteiger partial charge in [0.25, 0.3) is 0 Å². The van der Waals surface area contributed by atoms with E-state index in [-0.39, 0.29) is 10.7 Å². The van der Waals surface area contributed by atoms with Crippen LogP contribution in [0, 0.1) is 11.8 Å². The second kappa shape index (κ2) is 6.01. The van der Waals surface area contributed by atoms with E-state index < -0.39 is 0 Å². The number of likely N-dealkylation sites (tertiary alicyclic amines) is 1. The molecule has 0 aromatic rings. The first-order chi connectivity index (χ1) is 7.41. The van der Waals surface area contributed by atoms with Gasteiger partial charge in [-0.15, -0.1) is 0 Å². The fraction of sp³-hybridized carbons (Fsp3) is 0.917. The Bertz CT molecular complexity index is 245. The molecule has 94 valence electrons. The summed E-state index contributed by atoms with van der Waals surface area (Å²) in [6, 6.07) is 0.336. The van der Waals surface area contributed by atoms with E-state index in [9.17, 15) is 4.79 Å². The third-order valence-corrected chi connectivity index (χ3v) is 4.74. The molecule has 0 spiro atoms. The lowest BCUT2D eigenvalue weighted by Crippen LogP contribution is -2.51. The van der Waals surface area contributed by atoms with Gasteiger partial charge in [-0.3, -0.25) is 4.79 Å². The van der Waals surface area contributed by atoms with Crippen LogP contribution in [0.2, 0.25) is 0 Å². The molecule has 1 N–H and O–H groups in total. The van der Waals surface area contributed by atoms with Gasteiger partial charge in [-0.2, -0.15) is 0 Å². The number of hydrogen-bond acceptors (Lipinski definition) is 2. The molecule has 0 aromatic carbocycles. The third kappa shape index (κ3) is 3.74. The average Bonchev–Trinajstić information content (AvgIpc) is 2.20. The summed E-state index contributed by atoms with van der Waals surface area (Å²) in [5.41, 5.74) is 0. The average molecular weight is 291 g/mol. The van der Waals surface area contributed by atoms with Crippen LogP contribution in [0.1, 0.15) is 27.2 Å². The highest BCUT2D eigenvalue weighted by atomic mass is 79.9. The second-order valence-electron chi connectivity index (χ2n) is 5.29. The number of carbonyl (C=O) groups is 1. The molecule has 3 nitrogen and oxygen atoms in total. The maximum atomic E-state index is 11.9. The molecule has 0 aromatic heterocycles. The normalized spacial score (nSPS) is 29.1. The van der Waals surface area contributed by atoms with Gasteiger partial charge >= 0.3 is 0 Å². The maximum Gasteiger partial charge on any atom is 0.234 e. The lowest BCUT2D eigenvalue weighted by molar-refractivity contribution is -0.122.